The van der Waals surface area contributed by atoms with E-state index < -0.39 is 0 Å². The molecule has 3 N–H and O–H groups in total. The van der Waals surface area contributed by atoms with Crippen LogP contribution in [0.1, 0.15) is 24.1 Å². The van der Waals surface area contributed by atoms with E-state index in [1.54, 1.807) is 0 Å². The van der Waals surface area contributed by atoms with E-state index in [2.05, 4.69) is 40.0 Å². The Labute approximate surface area is 131 Å². The van der Waals surface area contributed by atoms with Crippen molar-refractivity contribution in [3.8, 4) is 0 Å². The first-order valence-electron chi connectivity index (χ1n) is 6.06. The van der Waals surface area contributed by atoms with Crippen LogP contribution in [-0.4, -0.2) is 9.78 Å². The molecule has 1 heterocycles. The van der Waals surface area contributed by atoms with E-state index in [1.165, 1.54) is 0 Å². The molecule has 0 saturated heterocycles. The topological polar surface area (TPSA) is 55.9 Å². The Morgan fingerprint density at radius 3 is 2.95 bits per heavy atom. The first-order valence-corrected chi connectivity index (χ1v) is 7.52. The lowest BCUT2D eigenvalue weighted by Crippen LogP contribution is -2.30. The molecular weight excluding hydrogens is 375 g/mol. The van der Waals surface area contributed by atoms with Crippen LogP contribution in [0.25, 0.3) is 0 Å². The third-order valence-corrected chi connectivity index (χ3v) is 4.20. The summed E-state index contributed by atoms with van der Waals surface area (Å²) in [5.74, 6) is 5.69. The molecule has 0 fully saturated rings. The summed E-state index contributed by atoms with van der Waals surface area (Å²) in [5.41, 5.74) is 5.13. The largest absolute Gasteiger partial charge is 0.273 e. The summed E-state index contributed by atoms with van der Waals surface area (Å²) in [7, 11) is 0. The van der Waals surface area contributed by atoms with Gasteiger partial charge in [0.1, 0.15) is 0 Å². The number of nitrogens with one attached hydrogen (secondary N) is 1. The Morgan fingerprint density at radius 1 is 1.53 bits per heavy atom. The van der Waals surface area contributed by atoms with Gasteiger partial charge in [-0.2, -0.15) is 5.10 Å². The van der Waals surface area contributed by atoms with Gasteiger partial charge < -0.3 is 0 Å². The van der Waals surface area contributed by atoms with Crippen molar-refractivity contribution in [2.75, 3.05) is 0 Å². The number of halogens is 2. The number of benzene rings is 1. The molecule has 1 aromatic heterocycles. The molecule has 6 heteroatoms. The van der Waals surface area contributed by atoms with Gasteiger partial charge in [0.15, 0.2) is 0 Å². The summed E-state index contributed by atoms with van der Waals surface area (Å²) >= 11 is 8.35. The van der Waals surface area contributed by atoms with Crippen LogP contribution in [0.2, 0.25) is 5.02 Å². The SMILES string of the molecule is CCn1cc(CC(NN)c2cc(Cl)ccc2I)cn1. The quantitative estimate of drug-likeness (QED) is 0.469. The molecule has 0 aliphatic carbocycles. The minimum atomic E-state index is 0.0279. The highest BCUT2D eigenvalue weighted by Crippen LogP contribution is 2.26. The average molecular weight is 391 g/mol. The second-order valence-electron chi connectivity index (χ2n) is 4.29. The number of rotatable bonds is 5. The van der Waals surface area contributed by atoms with Crippen molar-refractivity contribution in [2.24, 2.45) is 5.84 Å². The number of aryl methyl sites for hydroxylation is 1. The third-order valence-electron chi connectivity index (χ3n) is 2.99. The zero-order chi connectivity index (χ0) is 13.8. The summed E-state index contributed by atoms with van der Waals surface area (Å²) in [6, 6.07) is 5.87. The van der Waals surface area contributed by atoms with E-state index in [0.717, 1.165) is 32.7 Å². The molecule has 0 aliphatic rings. The second-order valence-corrected chi connectivity index (χ2v) is 5.89. The molecular formula is C13H16ClIN4. The summed E-state index contributed by atoms with van der Waals surface area (Å²) in [5, 5.41) is 5.00. The number of hydrazine groups is 1. The van der Waals surface area contributed by atoms with Crippen LogP contribution in [0.5, 0.6) is 0 Å². The Morgan fingerprint density at radius 2 is 2.32 bits per heavy atom. The zero-order valence-electron chi connectivity index (χ0n) is 10.6. The van der Waals surface area contributed by atoms with E-state index in [4.69, 9.17) is 17.4 Å². The third kappa shape index (κ3) is 3.68. The number of nitrogens with two attached hydrogens (primary N) is 1. The summed E-state index contributed by atoms with van der Waals surface area (Å²) in [6.07, 6.45) is 4.71. The van der Waals surface area contributed by atoms with Crippen LogP contribution in [-0.2, 0) is 13.0 Å². The molecule has 0 amide bonds. The Kier molecular flexibility index (Phi) is 5.20. The monoisotopic (exact) mass is 390 g/mol. The lowest BCUT2D eigenvalue weighted by atomic mass is 10.0. The molecule has 2 rings (SSSR count). The molecule has 4 nitrogen and oxygen atoms in total. The molecule has 0 radical (unpaired) electrons. The number of hydrogen-bond acceptors (Lipinski definition) is 3. The minimum Gasteiger partial charge on any atom is -0.273 e. The summed E-state index contributed by atoms with van der Waals surface area (Å²) < 4.78 is 3.05. The van der Waals surface area contributed by atoms with Gasteiger partial charge in [0.05, 0.1) is 12.2 Å². The maximum Gasteiger partial charge on any atom is 0.0522 e. The van der Waals surface area contributed by atoms with Gasteiger partial charge in [0, 0.05) is 21.3 Å². The maximum atomic E-state index is 6.06. The van der Waals surface area contributed by atoms with Crippen molar-refractivity contribution in [2.45, 2.75) is 25.9 Å². The molecule has 0 spiro atoms. The summed E-state index contributed by atoms with van der Waals surface area (Å²) in [6.45, 7) is 2.94. The van der Waals surface area contributed by atoms with Crippen LogP contribution < -0.4 is 11.3 Å². The van der Waals surface area contributed by atoms with Crippen molar-refractivity contribution in [3.05, 3.63) is 50.3 Å². The smallest absolute Gasteiger partial charge is 0.0522 e. The standard InChI is InChI=1S/C13H16ClIN4/c1-2-19-8-9(7-17-19)5-13(18-16)11-6-10(14)3-4-12(11)15/h3-4,6-8,13,18H,2,5,16H2,1H3. The van der Waals surface area contributed by atoms with Crippen LogP contribution >= 0.6 is 34.2 Å². The van der Waals surface area contributed by atoms with Crippen molar-refractivity contribution in [3.63, 3.8) is 0 Å². The molecule has 2 aromatic rings. The highest BCUT2D eigenvalue weighted by atomic mass is 127. The van der Waals surface area contributed by atoms with E-state index in [-0.39, 0.29) is 6.04 Å². The average Bonchev–Trinajstić information content (AvgIpc) is 2.87. The Hall–Kier alpha value is -0.630. The molecule has 1 atom stereocenters. The minimum absolute atomic E-state index is 0.0279. The van der Waals surface area contributed by atoms with Crippen molar-refractivity contribution >= 4 is 34.2 Å². The lowest BCUT2D eigenvalue weighted by molar-refractivity contribution is 0.549. The van der Waals surface area contributed by atoms with Crippen molar-refractivity contribution in [1.82, 2.24) is 15.2 Å². The van der Waals surface area contributed by atoms with E-state index in [9.17, 15) is 0 Å². The highest BCUT2D eigenvalue weighted by molar-refractivity contribution is 14.1. The van der Waals surface area contributed by atoms with E-state index in [0.29, 0.717) is 0 Å². The van der Waals surface area contributed by atoms with Gasteiger partial charge in [-0.15, -0.1) is 0 Å². The van der Waals surface area contributed by atoms with Crippen LogP contribution in [0, 0.1) is 3.57 Å². The predicted molar refractivity (Wildman–Crippen MR) is 85.8 cm³/mol. The lowest BCUT2D eigenvalue weighted by Gasteiger charge is -2.17. The number of nitrogens with zero attached hydrogens (tertiary/aromatic N) is 2. The molecule has 19 heavy (non-hydrogen) atoms. The molecule has 1 unspecified atom stereocenters. The fraction of sp³-hybridized carbons (Fsp3) is 0.308. The zero-order valence-corrected chi connectivity index (χ0v) is 13.5. The van der Waals surface area contributed by atoms with Crippen LogP contribution in [0.15, 0.2) is 30.6 Å². The fourth-order valence-corrected chi connectivity index (χ4v) is 2.85. The number of hydrogen-bond donors (Lipinski definition) is 2. The molecule has 0 aliphatic heterocycles. The maximum absolute atomic E-state index is 6.06. The van der Waals surface area contributed by atoms with Crippen molar-refractivity contribution < 1.29 is 0 Å². The predicted octanol–water partition coefficient (Wildman–Crippen LogP) is 2.91. The molecule has 0 bridgehead atoms. The second kappa shape index (κ2) is 6.69. The number of aromatic nitrogens is 2. The van der Waals surface area contributed by atoms with Gasteiger partial charge in [0.2, 0.25) is 0 Å². The molecule has 102 valence electrons. The van der Waals surface area contributed by atoms with Gasteiger partial charge >= 0.3 is 0 Å². The van der Waals surface area contributed by atoms with Gasteiger partial charge in [-0.25, -0.2) is 0 Å². The first kappa shape index (κ1) is 14.8. The van der Waals surface area contributed by atoms with Gasteiger partial charge in [-0.05, 0) is 65.3 Å². The van der Waals surface area contributed by atoms with Crippen molar-refractivity contribution in [1.29, 1.82) is 0 Å². The Bertz CT molecular complexity index is 555. The van der Waals surface area contributed by atoms with Gasteiger partial charge in [-0.1, -0.05) is 11.6 Å². The van der Waals surface area contributed by atoms with Crippen LogP contribution in [0.4, 0.5) is 0 Å². The first-order chi connectivity index (χ1) is 9.13. The van der Waals surface area contributed by atoms with Gasteiger partial charge in [0.25, 0.3) is 0 Å². The molecule has 1 aromatic carbocycles. The molecule has 0 saturated carbocycles. The Balaban J connectivity index is 2.22. The van der Waals surface area contributed by atoms with E-state index >= 15 is 0 Å². The summed E-state index contributed by atoms with van der Waals surface area (Å²) in [4.78, 5) is 0. The fourth-order valence-electron chi connectivity index (χ4n) is 1.96. The normalized spacial score (nSPS) is 12.6. The van der Waals surface area contributed by atoms with Gasteiger partial charge in [-0.3, -0.25) is 16.0 Å². The van der Waals surface area contributed by atoms with Crippen LogP contribution in [0.3, 0.4) is 0 Å². The van der Waals surface area contributed by atoms with E-state index in [1.807, 2.05) is 35.3 Å². The highest BCUT2D eigenvalue weighted by Gasteiger charge is 2.15.